The van der Waals surface area contributed by atoms with Crippen molar-refractivity contribution in [2.45, 2.75) is 13.8 Å². The van der Waals surface area contributed by atoms with Gasteiger partial charge < -0.3 is 24.3 Å². The smallest absolute Gasteiger partial charge is 0.373 e. The number of nitrogens with zero attached hydrogens (tertiary/aromatic N) is 6. The summed E-state index contributed by atoms with van der Waals surface area (Å²) in [6.45, 7) is 2.92. The third-order valence-corrected chi connectivity index (χ3v) is 4.76. The van der Waals surface area contributed by atoms with Crippen LogP contribution in [0.25, 0.3) is 0 Å². The van der Waals surface area contributed by atoms with Crippen LogP contribution in [0.5, 0.6) is 29.1 Å². The second kappa shape index (κ2) is 13.1. The summed E-state index contributed by atoms with van der Waals surface area (Å²) < 4.78 is 21.2. The molecule has 41 heavy (non-hydrogen) atoms. The maximum atomic E-state index is 12.0. The predicted octanol–water partition coefficient (Wildman–Crippen LogP) is 4.03. The van der Waals surface area contributed by atoms with E-state index in [4.69, 9.17) is 18.9 Å². The van der Waals surface area contributed by atoms with Crippen LogP contribution in [-0.4, -0.2) is 50.5 Å². The van der Waals surface area contributed by atoms with E-state index in [0.29, 0.717) is 6.07 Å². The van der Waals surface area contributed by atoms with Gasteiger partial charge in [-0.25, -0.2) is 0 Å². The van der Waals surface area contributed by atoms with Crippen molar-refractivity contribution >= 4 is 28.8 Å². The van der Waals surface area contributed by atoms with Crippen LogP contribution in [0.1, 0.15) is 19.4 Å². The number of non-ortho nitro benzene ring substituents is 2. The highest BCUT2D eigenvalue weighted by Crippen LogP contribution is 2.39. The van der Waals surface area contributed by atoms with Crippen LogP contribution in [0.3, 0.4) is 0 Å². The van der Waals surface area contributed by atoms with E-state index in [2.05, 4.69) is 15.3 Å². The third-order valence-electron chi connectivity index (χ3n) is 4.76. The van der Waals surface area contributed by atoms with Gasteiger partial charge in [-0.05, 0) is 26.0 Å². The van der Waals surface area contributed by atoms with Crippen molar-refractivity contribution in [2.75, 3.05) is 25.1 Å². The molecule has 0 aliphatic heterocycles. The first kappa shape index (κ1) is 29.4. The molecule has 1 aromatic heterocycles. The standard InChI is InChI=1S/C23H19N7O11/c1-3-38-16-5-13(11-24)6-17(10-16)40-22-20(30(36)37)21(25-12-19(31)39-4-2)26-23(27-22)41-18-8-14(28(32)33)7-15(9-18)29(34)35/h5-10H,3-4,12H2,1-2H3,(H,25,26,27). The average molecular weight is 569 g/mol. The Morgan fingerprint density at radius 3 is 2.07 bits per heavy atom. The molecular weight excluding hydrogens is 550 g/mol. The van der Waals surface area contributed by atoms with Gasteiger partial charge in [0.15, 0.2) is 0 Å². The average Bonchev–Trinajstić information content (AvgIpc) is 2.91. The molecule has 0 aliphatic carbocycles. The van der Waals surface area contributed by atoms with Gasteiger partial charge >= 0.3 is 23.5 Å². The van der Waals surface area contributed by atoms with Gasteiger partial charge in [0.2, 0.25) is 5.82 Å². The summed E-state index contributed by atoms with van der Waals surface area (Å²) in [7, 11) is 0. The second-order valence-corrected chi connectivity index (χ2v) is 7.57. The van der Waals surface area contributed by atoms with Crippen LogP contribution in [0.4, 0.5) is 22.9 Å². The Morgan fingerprint density at radius 1 is 0.878 bits per heavy atom. The van der Waals surface area contributed by atoms with E-state index in [1.54, 1.807) is 13.8 Å². The van der Waals surface area contributed by atoms with E-state index in [1.165, 1.54) is 18.2 Å². The van der Waals surface area contributed by atoms with E-state index >= 15 is 0 Å². The number of nitriles is 1. The van der Waals surface area contributed by atoms with Gasteiger partial charge in [0.1, 0.15) is 23.8 Å². The van der Waals surface area contributed by atoms with Crippen LogP contribution in [-0.2, 0) is 9.53 Å². The first-order chi connectivity index (χ1) is 19.5. The SMILES string of the molecule is CCOC(=O)CNc1nc(Oc2cc([N+](=O)[O-])cc([N+](=O)[O-])c2)nc(Oc2cc(C#N)cc(OCC)c2)c1[N+](=O)[O-]. The lowest BCUT2D eigenvalue weighted by Crippen LogP contribution is -2.18. The molecule has 18 nitrogen and oxygen atoms in total. The number of benzene rings is 2. The fourth-order valence-corrected chi connectivity index (χ4v) is 3.19. The number of nitrogens with one attached hydrogen (secondary N) is 1. The minimum Gasteiger partial charge on any atom is -0.494 e. The Hall–Kier alpha value is -6.12. The van der Waals surface area contributed by atoms with E-state index in [0.717, 1.165) is 12.1 Å². The molecule has 2 aromatic carbocycles. The van der Waals surface area contributed by atoms with E-state index in [-0.39, 0.29) is 30.3 Å². The second-order valence-electron chi connectivity index (χ2n) is 7.57. The quantitative estimate of drug-likeness (QED) is 0.173. The Bertz CT molecular complexity index is 1520. The highest BCUT2D eigenvalue weighted by molar-refractivity contribution is 5.76. The van der Waals surface area contributed by atoms with Crippen LogP contribution in [0.2, 0.25) is 0 Å². The topological polar surface area (TPSA) is 245 Å². The molecular formula is C23H19N7O11. The summed E-state index contributed by atoms with van der Waals surface area (Å²) in [6, 6.07) is 7.54. The maximum Gasteiger partial charge on any atom is 0.373 e. The van der Waals surface area contributed by atoms with Gasteiger partial charge in [-0.15, -0.1) is 0 Å². The zero-order valence-corrected chi connectivity index (χ0v) is 21.3. The number of carbonyl (C=O) groups excluding carboxylic acids is 1. The van der Waals surface area contributed by atoms with Gasteiger partial charge in [-0.2, -0.15) is 15.2 Å². The largest absolute Gasteiger partial charge is 0.494 e. The first-order valence-corrected chi connectivity index (χ1v) is 11.5. The lowest BCUT2D eigenvalue weighted by atomic mass is 10.2. The number of anilines is 1. The summed E-state index contributed by atoms with van der Waals surface area (Å²) in [5.41, 5.74) is -2.15. The van der Waals surface area contributed by atoms with E-state index in [1.807, 2.05) is 6.07 Å². The van der Waals surface area contributed by atoms with Crippen molar-refractivity contribution < 1.29 is 38.5 Å². The molecule has 0 atom stereocenters. The number of nitro benzene ring substituents is 2. The summed E-state index contributed by atoms with van der Waals surface area (Å²) in [5.74, 6) is -2.45. The summed E-state index contributed by atoms with van der Waals surface area (Å²) >= 11 is 0. The molecule has 18 heteroatoms. The number of hydrogen-bond donors (Lipinski definition) is 1. The summed E-state index contributed by atoms with van der Waals surface area (Å²) in [6.07, 6.45) is 0. The zero-order chi connectivity index (χ0) is 30.1. The molecule has 0 amide bonds. The van der Waals surface area contributed by atoms with Gasteiger partial charge in [0.25, 0.3) is 11.4 Å². The third kappa shape index (κ3) is 7.70. The van der Waals surface area contributed by atoms with Gasteiger partial charge in [-0.1, -0.05) is 0 Å². The molecule has 0 bridgehead atoms. The van der Waals surface area contributed by atoms with E-state index in [9.17, 15) is 40.4 Å². The monoisotopic (exact) mass is 569 g/mol. The molecule has 3 aromatic rings. The number of ether oxygens (including phenoxy) is 4. The van der Waals surface area contributed by atoms with Crippen molar-refractivity contribution in [1.82, 2.24) is 9.97 Å². The van der Waals surface area contributed by atoms with Gasteiger partial charge in [0, 0.05) is 6.07 Å². The number of aromatic nitrogens is 2. The van der Waals surface area contributed by atoms with Crippen molar-refractivity contribution in [2.24, 2.45) is 0 Å². The van der Waals surface area contributed by atoms with Crippen molar-refractivity contribution in [1.29, 1.82) is 5.26 Å². The van der Waals surface area contributed by atoms with Gasteiger partial charge in [-0.3, -0.25) is 35.1 Å². The highest BCUT2D eigenvalue weighted by Gasteiger charge is 2.29. The number of carbonyl (C=O) groups is 1. The van der Waals surface area contributed by atoms with Crippen molar-refractivity contribution in [3.8, 4) is 35.2 Å². The predicted molar refractivity (Wildman–Crippen MR) is 136 cm³/mol. The Balaban J connectivity index is 2.15. The lowest BCUT2D eigenvalue weighted by molar-refractivity contribution is -0.394. The van der Waals surface area contributed by atoms with Gasteiger partial charge in [0.05, 0.1) is 57.8 Å². The van der Waals surface area contributed by atoms with Crippen LogP contribution < -0.4 is 19.5 Å². The van der Waals surface area contributed by atoms with E-state index < -0.39 is 67.8 Å². The normalized spacial score (nSPS) is 10.2. The van der Waals surface area contributed by atoms with Crippen LogP contribution >= 0.6 is 0 Å². The molecule has 0 spiro atoms. The number of nitro groups is 3. The molecule has 0 radical (unpaired) electrons. The Labute approximate surface area is 229 Å². The first-order valence-electron chi connectivity index (χ1n) is 11.5. The van der Waals surface area contributed by atoms with Crippen LogP contribution in [0.15, 0.2) is 36.4 Å². The van der Waals surface area contributed by atoms with Crippen LogP contribution in [0, 0.1) is 41.7 Å². The van der Waals surface area contributed by atoms with Crippen molar-refractivity contribution in [3.05, 3.63) is 72.3 Å². The Kier molecular flexibility index (Phi) is 9.40. The minimum atomic E-state index is -0.914. The summed E-state index contributed by atoms with van der Waals surface area (Å²) in [5, 5.41) is 46.3. The molecule has 0 saturated heterocycles. The molecule has 0 unspecified atom stereocenters. The molecule has 1 N–H and O–H groups in total. The molecule has 3 rings (SSSR count). The Morgan fingerprint density at radius 2 is 1.51 bits per heavy atom. The number of esters is 1. The highest BCUT2D eigenvalue weighted by atomic mass is 16.6. The molecule has 0 fully saturated rings. The molecule has 1 heterocycles. The summed E-state index contributed by atoms with van der Waals surface area (Å²) in [4.78, 5) is 51.5. The minimum absolute atomic E-state index is 0.0259. The molecule has 212 valence electrons. The van der Waals surface area contributed by atoms with Crippen molar-refractivity contribution in [3.63, 3.8) is 0 Å². The lowest BCUT2D eigenvalue weighted by Gasteiger charge is -2.13. The number of rotatable bonds is 13. The number of hydrogen-bond acceptors (Lipinski definition) is 15. The fraction of sp³-hybridized carbons (Fsp3) is 0.217. The molecule has 0 aliphatic rings. The zero-order valence-electron chi connectivity index (χ0n) is 21.3. The maximum absolute atomic E-state index is 12.0. The fourth-order valence-electron chi connectivity index (χ4n) is 3.19. The molecule has 0 saturated carbocycles.